The molecule has 1 aromatic carbocycles. The first-order chi connectivity index (χ1) is 6.07. The number of fused-ring (bicyclic) bond motifs is 1. The van der Waals surface area contributed by atoms with Crippen LogP contribution in [0.25, 0.3) is 0 Å². The van der Waals surface area contributed by atoms with Gasteiger partial charge in [-0.15, -0.1) is 0 Å². The lowest BCUT2D eigenvalue weighted by molar-refractivity contribution is 0.134. The quantitative estimate of drug-likeness (QED) is 0.590. The fourth-order valence-corrected chi connectivity index (χ4v) is 1.64. The van der Waals surface area contributed by atoms with Crippen molar-refractivity contribution in [3.63, 3.8) is 0 Å². The van der Waals surface area contributed by atoms with Crippen molar-refractivity contribution in [1.82, 2.24) is 0 Å². The molecule has 0 aromatic heterocycles. The Morgan fingerprint density at radius 1 is 1.08 bits per heavy atom. The Hall–Kier alpha value is -0.820. The second-order valence-electron chi connectivity index (χ2n) is 4.73. The minimum atomic E-state index is 0.248. The molecule has 1 aromatic rings. The second kappa shape index (κ2) is 2.85. The number of hydrogen-bond donors (Lipinski definition) is 0. The zero-order valence-corrected chi connectivity index (χ0v) is 8.55. The second-order valence-corrected chi connectivity index (χ2v) is 4.73. The van der Waals surface area contributed by atoms with Crippen LogP contribution in [-0.4, -0.2) is 0 Å². The van der Waals surface area contributed by atoms with E-state index in [4.69, 9.17) is 4.74 Å². The molecular formula is C12H16O. The van der Waals surface area contributed by atoms with Gasteiger partial charge < -0.3 is 4.74 Å². The van der Waals surface area contributed by atoms with Crippen LogP contribution in [0.15, 0.2) is 18.2 Å². The molecule has 2 rings (SSSR count). The van der Waals surface area contributed by atoms with Gasteiger partial charge in [0.25, 0.3) is 0 Å². The SMILES string of the molecule is CC(C)(C)c1ccc2c(c1)COC2. The number of hydrogen-bond acceptors (Lipinski definition) is 1. The highest BCUT2D eigenvalue weighted by Crippen LogP contribution is 2.27. The maximum atomic E-state index is 5.38. The van der Waals surface area contributed by atoms with Crippen LogP contribution < -0.4 is 0 Å². The van der Waals surface area contributed by atoms with Gasteiger partial charge in [0.1, 0.15) is 0 Å². The molecule has 0 fully saturated rings. The zero-order chi connectivity index (χ0) is 9.47. The molecule has 0 N–H and O–H groups in total. The molecule has 70 valence electrons. The summed E-state index contributed by atoms with van der Waals surface area (Å²) >= 11 is 0. The van der Waals surface area contributed by atoms with E-state index < -0.39 is 0 Å². The smallest absolute Gasteiger partial charge is 0.0725 e. The summed E-state index contributed by atoms with van der Waals surface area (Å²) in [5.74, 6) is 0. The maximum Gasteiger partial charge on any atom is 0.0725 e. The predicted octanol–water partition coefficient (Wildman–Crippen LogP) is 3.01. The van der Waals surface area contributed by atoms with Crippen molar-refractivity contribution in [3.05, 3.63) is 34.9 Å². The van der Waals surface area contributed by atoms with E-state index in [0.29, 0.717) is 0 Å². The molecule has 1 aliphatic rings. The van der Waals surface area contributed by atoms with Gasteiger partial charge in [0.2, 0.25) is 0 Å². The van der Waals surface area contributed by atoms with Crippen LogP contribution in [0.1, 0.15) is 37.5 Å². The largest absolute Gasteiger partial charge is 0.372 e. The molecule has 13 heavy (non-hydrogen) atoms. The molecule has 0 saturated heterocycles. The van der Waals surface area contributed by atoms with E-state index in [2.05, 4.69) is 39.0 Å². The number of rotatable bonds is 0. The van der Waals surface area contributed by atoms with E-state index in [1.165, 1.54) is 16.7 Å². The van der Waals surface area contributed by atoms with Gasteiger partial charge in [-0.05, 0) is 22.1 Å². The molecule has 0 aliphatic carbocycles. The molecule has 0 radical (unpaired) electrons. The highest BCUT2D eigenvalue weighted by Gasteiger charge is 2.17. The average Bonchev–Trinajstić information content (AvgIpc) is 2.47. The molecular weight excluding hydrogens is 160 g/mol. The van der Waals surface area contributed by atoms with Gasteiger partial charge in [0, 0.05) is 0 Å². The Labute approximate surface area is 79.7 Å². The summed E-state index contributed by atoms with van der Waals surface area (Å²) in [5, 5.41) is 0. The Balaban J connectivity index is 2.42. The molecule has 0 amide bonds. The van der Waals surface area contributed by atoms with Crippen LogP contribution in [0.5, 0.6) is 0 Å². The van der Waals surface area contributed by atoms with Crippen molar-refractivity contribution in [2.75, 3.05) is 0 Å². The first-order valence-corrected chi connectivity index (χ1v) is 4.77. The van der Waals surface area contributed by atoms with Crippen LogP contribution in [0.2, 0.25) is 0 Å². The molecule has 0 spiro atoms. The van der Waals surface area contributed by atoms with Crippen LogP contribution in [0, 0.1) is 0 Å². The van der Waals surface area contributed by atoms with Gasteiger partial charge in [-0.2, -0.15) is 0 Å². The van der Waals surface area contributed by atoms with Crippen LogP contribution >= 0.6 is 0 Å². The monoisotopic (exact) mass is 176 g/mol. The third kappa shape index (κ3) is 1.61. The predicted molar refractivity (Wildman–Crippen MR) is 53.6 cm³/mol. The summed E-state index contributed by atoms with van der Waals surface area (Å²) in [5.41, 5.74) is 4.37. The lowest BCUT2D eigenvalue weighted by Crippen LogP contribution is -2.11. The maximum absolute atomic E-state index is 5.38. The summed E-state index contributed by atoms with van der Waals surface area (Å²) < 4.78 is 5.38. The van der Waals surface area contributed by atoms with Crippen molar-refractivity contribution >= 4 is 0 Å². The number of benzene rings is 1. The van der Waals surface area contributed by atoms with Crippen molar-refractivity contribution in [1.29, 1.82) is 0 Å². The van der Waals surface area contributed by atoms with Crippen LogP contribution in [0.4, 0.5) is 0 Å². The third-order valence-electron chi connectivity index (χ3n) is 2.59. The average molecular weight is 176 g/mol. The van der Waals surface area contributed by atoms with Gasteiger partial charge >= 0.3 is 0 Å². The van der Waals surface area contributed by atoms with E-state index in [-0.39, 0.29) is 5.41 Å². The van der Waals surface area contributed by atoms with Gasteiger partial charge in [0.05, 0.1) is 13.2 Å². The molecule has 1 heteroatoms. The minimum Gasteiger partial charge on any atom is -0.372 e. The number of ether oxygens (including phenoxy) is 1. The van der Waals surface area contributed by atoms with E-state index in [1.54, 1.807) is 0 Å². The normalized spacial score (nSPS) is 15.9. The van der Waals surface area contributed by atoms with Gasteiger partial charge in [0.15, 0.2) is 0 Å². The molecule has 1 nitrogen and oxygen atoms in total. The Kier molecular flexibility index (Phi) is 1.92. The summed E-state index contributed by atoms with van der Waals surface area (Å²) in [6.45, 7) is 8.30. The summed E-state index contributed by atoms with van der Waals surface area (Å²) in [4.78, 5) is 0. The lowest BCUT2D eigenvalue weighted by atomic mass is 9.85. The fourth-order valence-electron chi connectivity index (χ4n) is 1.64. The first-order valence-electron chi connectivity index (χ1n) is 4.77. The van der Waals surface area contributed by atoms with Gasteiger partial charge in [-0.3, -0.25) is 0 Å². The van der Waals surface area contributed by atoms with E-state index in [0.717, 1.165) is 13.2 Å². The standard InChI is InChI=1S/C12H16O/c1-12(2,3)11-5-4-9-7-13-8-10(9)6-11/h4-6H,7-8H2,1-3H3. The van der Waals surface area contributed by atoms with Crippen molar-refractivity contribution in [2.24, 2.45) is 0 Å². The summed E-state index contributed by atoms with van der Waals surface area (Å²) in [6.07, 6.45) is 0. The lowest BCUT2D eigenvalue weighted by Gasteiger charge is -2.19. The van der Waals surface area contributed by atoms with Crippen molar-refractivity contribution in [3.8, 4) is 0 Å². The Morgan fingerprint density at radius 2 is 1.77 bits per heavy atom. The molecule has 0 atom stereocenters. The molecule has 1 aliphatic heterocycles. The highest BCUT2D eigenvalue weighted by molar-refractivity contribution is 5.35. The van der Waals surface area contributed by atoms with Crippen LogP contribution in [-0.2, 0) is 23.4 Å². The molecule has 0 unspecified atom stereocenters. The van der Waals surface area contributed by atoms with Gasteiger partial charge in [-0.25, -0.2) is 0 Å². The summed E-state index contributed by atoms with van der Waals surface area (Å²) in [6, 6.07) is 6.69. The van der Waals surface area contributed by atoms with E-state index in [1.807, 2.05) is 0 Å². The Bertz CT molecular complexity index is 320. The zero-order valence-electron chi connectivity index (χ0n) is 8.55. The topological polar surface area (TPSA) is 9.23 Å². The molecule has 0 saturated carbocycles. The van der Waals surface area contributed by atoms with Crippen molar-refractivity contribution in [2.45, 2.75) is 39.4 Å². The fraction of sp³-hybridized carbons (Fsp3) is 0.500. The third-order valence-corrected chi connectivity index (χ3v) is 2.59. The Morgan fingerprint density at radius 3 is 2.46 bits per heavy atom. The molecule has 1 heterocycles. The highest BCUT2D eigenvalue weighted by atomic mass is 16.5. The minimum absolute atomic E-state index is 0.248. The van der Waals surface area contributed by atoms with Gasteiger partial charge in [-0.1, -0.05) is 39.0 Å². The van der Waals surface area contributed by atoms with Crippen molar-refractivity contribution < 1.29 is 4.74 Å². The summed E-state index contributed by atoms with van der Waals surface area (Å²) in [7, 11) is 0. The van der Waals surface area contributed by atoms with E-state index >= 15 is 0 Å². The van der Waals surface area contributed by atoms with Crippen LogP contribution in [0.3, 0.4) is 0 Å². The molecule has 0 bridgehead atoms. The van der Waals surface area contributed by atoms with E-state index in [9.17, 15) is 0 Å². The first kappa shape index (κ1) is 8.76.